The van der Waals surface area contributed by atoms with Crippen molar-refractivity contribution in [3.8, 4) is 61.3 Å². The van der Waals surface area contributed by atoms with E-state index < -0.39 is 0 Å². The molecule has 1 aliphatic heterocycles. The summed E-state index contributed by atoms with van der Waals surface area (Å²) >= 11 is 0. The highest BCUT2D eigenvalue weighted by atomic mass is 16.3. The second-order valence-electron chi connectivity index (χ2n) is 22.1. The van der Waals surface area contributed by atoms with Crippen molar-refractivity contribution in [1.29, 1.82) is 0 Å². The summed E-state index contributed by atoms with van der Waals surface area (Å²) in [7, 11) is 0. The van der Waals surface area contributed by atoms with Crippen LogP contribution in [0.5, 0.6) is 0 Å². The van der Waals surface area contributed by atoms with Gasteiger partial charge in [0.2, 0.25) is 0 Å². The van der Waals surface area contributed by atoms with Crippen molar-refractivity contribution in [3.05, 3.63) is 279 Å². The minimum absolute atomic E-state index is 0.0508. The average molecular weight is 1070 g/mol. The fraction of sp³-hybridized carbons (Fsp3) is 0.0400. The van der Waals surface area contributed by atoms with Crippen molar-refractivity contribution in [2.45, 2.75) is 18.4 Å². The summed E-state index contributed by atoms with van der Waals surface area (Å²) in [4.78, 5) is 20.5. The number of para-hydroxylation sites is 2. The minimum atomic E-state index is -0.302. The lowest BCUT2D eigenvalue weighted by Crippen LogP contribution is -2.39. The first-order valence-electron chi connectivity index (χ1n) is 28.0. The number of aromatic nitrogens is 5. The molecule has 0 fully saturated rings. The summed E-state index contributed by atoms with van der Waals surface area (Å²) in [5.41, 5.74) is 23.1. The van der Waals surface area contributed by atoms with Gasteiger partial charge >= 0.3 is 0 Å². The van der Waals surface area contributed by atoms with Gasteiger partial charge in [-0.3, -0.25) is 19.9 Å². The van der Waals surface area contributed by atoms with E-state index in [1.807, 2.05) is 49.3 Å². The summed E-state index contributed by atoms with van der Waals surface area (Å²) in [5.74, 6) is 0. The van der Waals surface area contributed by atoms with Crippen LogP contribution in [0.4, 0.5) is 11.4 Å². The van der Waals surface area contributed by atoms with E-state index in [0.29, 0.717) is 0 Å². The van der Waals surface area contributed by atoms with Gasteiger partial charge in [0.1, 0.15) is 22.3 Å². The lowest BCUT2D eigenvalue weighted by atomic mass is 9.73. The third kappa shape index (κ3) is 7.53. The van der Waals surface area contributed by atoms with E-state index in [0.717, 1.165) is 133 Å². The van der Waals surface area contributed by atoms with Gasteiger partial charge in [0.25, 0.3) is 0 Å². The predicted molar refractivity (Wildman–Crippen MR) is 337 cm³/mol. The molecule has 1 aliphatic carbocycles. The van der Waals surface area contributed by atoms with E-state index in [4.69, 9.17) is 8.83 Å². The Labute approximate surface area is 477 Å². The minimum Gasteiger partial charge on any atom is -0.456 e. The number of rotatable bonds is 8. The number of furan rings is 2. The van der Waals surface area contributed by atoms with Crippen LogP contribution in [-0.2, 0) is 5.41 Å². The first kappa shape index (κ1) is 46.9. The molecule has 0 radical (unpaired) electrons. The van der Waals surface area contributed by atoms with Gasteiger partial charge in [0, 0.05) is 138 Å². The molecule has 0 spiro atoms. The van der Waals surface area contributed by atoms with Crippen LogP contribution in [0, 0.1) is 0 Å². The van der Waals surface area contributed by atoms with Gasteiger partial charge in [0.05, 0.1) is 17.1 Å². The highest BCUT2D eigenvalue weighted by molar-refractivity contribution is 6.12. The molecule has 0 N–H and O–H groups in total. The molecule has 7 aromatic heterocycles. The Morgan fingerprint density at radius 1 is 0.373 bits per heavy atom. The molecular formula is C75H48N6O2. The lowest BCUT2D eigenvalue weighted by Gasteiger charge is -2.36. The monoisotopic (exact) mass is 1060 g/mol. The van der Waals surface area contributed by atoms with Crippen LogP contribution in [0.2, 0.25) is 0 Å². The molecular weight excluding hydrogens is 1020 g/mol. The van der Waals surface area contributed by atoms with Crippen LogP contribution < -0.4 is 4.90 Å². The standard InChI is InChI=1S/C75H48N6O2/c1-75-39-51(55-33-57(45-79-43-55)53-12-8-30-77-41-53)20-28-74(75)81(69-16-5-3-14-66(69)75)59-22-27-73-65(38-59)63-36-49(19-25-71(63)83-73)47-10-6-9-46(31-47)48-18-24-70-62(35-48)64-37-58(21-26-72(64)82-70)80-67-15-4-2-13-60(67)61-34-50(17-23-68(61)80)54-32-56(44-78-42-54)52-11-7-29-76-40-52/h2-45,74H,1H3. The van der Waals surface area contributed by atoms with Crippen molar-refractivity contribution in [2.24, 2.45) is 0 Å². The molecule has 0 amide bonds. The molecule has 2 unspecified atom stereocenters. The van der Waals surface area contributed by atoms with E-state index in [1.54, 1.807) is 12.4 Å². The molecule has 0 bridgehead atoms. The van der Waals surface area contributed by atoms with Crippen LogP contribution in [0.25, 0.3) is 133 Å². The van der Waals surface area contributed by atoms with Crippen molar-refractivity contribution in [3.63, 3.8) is 0 Å². The Morgan fingerprint density at radius 3 is 1.55 bits per heavy atom. The molecule has 2 aliphatic rings. The molecule has 2 atom stereocenters. The number of hydrogen-bond acceptors (Lipinski definition) is 7. The van der Waals surface area contributed by atoms with Crippen molar-refractivity contribution in [2.75, 3.05) is 4.90 Å². The Morgan fingerprint density at radius 2 is 0.867 bits per heavy atom. The maximum atomic E-state index is 6.57. The summed E-state index contributed by atoms with van der Waals surface area (Å²) in [6, 6.07) is 72.0. The second-order valence-corrected chi connectivity index (χ2v) is 22.1. The Kier molecular flexibility index (Phi) is 10.3. The summed E-state index contributed by atoms with van der Waals surface area (Å²) in [6.45, 7) is 2.36. The summed E-state index contributed by atoms with van der Waals surface area (Å²) in [5, 5.41) is 6.67. The molecule has 83 heavy (non-hydrogen) atoms. The number of fused-ring (bicyclic) bond motifs is 12. The van der Waals surface area contributed by atoms with E-state index in [9.17, 15) is 0 Å². The maximum Gasteiger partial charge on any atom is 0.135 e. The van der Waals surface area contributed by atoms with Gasteiger partial charge in [-0.15, -0.1) is 0 Å². The normalized spacial score (nSPS) is 15.7. The number of allylic oxidation sites excluding steroid dienone is 2. The number of benzene rings is 8. The zero-order valence-corrected chi connectivity index (χ0v) is 45.0. The molecule has 390 valence electrons. The van der Waals surface area contributed by atoms with E-state index in [1.165, 1.54) is 22.0 Å². The lowest BCUT2D eigenvalue weighted by molar-refractivity contribution is 0.553. The highest BCUT2D eigenvalue weighted by Crippen LogP contribution is 2.53. The smallest absolute Gasteiger partial charge is 0.135 e. The first-order chi connectivity index (χ1) is 41.0. The molecule has 8 heteroatoms. The Balaban J connectivity index is 0.696. The van der Waals surface area contributed by atoms with Crippen molar-refractivity contribution < 1.29 is 8.83 Å². The highest BCUT2D eigenvalue weighted by Gasteiger charge is 2.47. The van der Waals surface area contributed by atoms with Crippen LogP contribution >= 0.6 is 0 Å². The van der Waals surface area contributed by atoms with Gasteiger partial charge in [-0.25, -0.2) is 0 Å². The zero-order chi connectivity index (χ0) is 54.8. The molecule has 8 nitrogen and oxygen atoms in total. The van der Waals surface area contributed by atoms with E-state index in [-0.39, 0.29) is 11.5 Å². The third-order valence-electron chi connectivity index (χ3n) is 17.3. The fourth-order valence-electron chi connectivity index (χ4n) is 13.3. The van der Waals surface area contributed by atoms with E-state index in [2.05, 4.69) is 243 Å². The zero-order valence-electron chi connectivity index (χ0n) is 45.0. The summed E-state index contributed by atoms with van der Waals surface area (Å²) < 4.78 is 15.5. The second kappa shape index (κ2) is 18.3. The SMILES string of the molecule is CC12C=C(c3cncc(-c4cccnc4)c3)C=CC1N(c1ccc3oc4ccc(-c5cccc(-c6ccc7oc8ccc(-n9c%10ccccc%10c%10cc(-c%11cncc(-c%12cccnc%12)c%11)ccc%109)cc8c7c6)c5)cc4c3c1)c1ccccc12. The third-order valence-corrected chi connectivity index (χ3v) is 17.3. The van der Waals surface area contributed by atoms with Gasteiger partial charge in [-0.05, 0) is 161 Å². The Hall–Kier alpha value is -11.0. The summed E-state index contributed by atoms with van der Waals surface area (Å²) in [6.07, 6.45) is 22.1. The van der Waals surface area contributed by atoms with Gasteiger partial charge < -0.3 is 18.3 Å². The quantitative estimate of drug-likeness (QED) is 0.150. The van der Waals surface area contributed by atoms with Crippen molar-refractivity contribution >= 4 is 82.6 Å². The van der Waals surface area contributed by atoms with Gasteiger partial charge in [-0.1, -0.05) is 103 Å². The number of hydrogen-bond donors (Lipinski definition) is 0. The van der Waals surface area contributed by atoms with Crippen LogP contribution in [0.1, 0.15) is 18.1 Å². The van der Waals surface area contributed by atoms with Crippen LogP contribution in [0.15, 0.2) is 277 Å². The van der Waals surface area contributed by atoms with E-state index >= 15 is 0 Å². The maximum absolute atomic E-state index is 6.57. The van der Waals surface area contributed by atoms with Gasteiger partial charge in [-0.2, -0.15) is 0 Å². The number of pyridine rings is 4. The first-order valence-corrected chi connectivity index (χ1v) is 28.0. The molecule has 15 aromatic rings. The molecule has 17 rings (SSSR count). The largest absolute Gasteiger partial charge is 0.456 e. The number of nitrogens with zero attached hydrogens (tertiary/aromatic N) is 6. The fourth-order valence-corrected chi connectivity index (χ4v) is 13.3. The van der Waals surface area contributed by atoms with Crippen molar-refractivity contribution in [1.82, 2.24) is 24.5 Å². The van der Waals surface area contributed by atoms with Crippen LogP contribution in [0.3, 0.4) is 0 Å². The average Bonchev–Trinajstić information content (AvgIpc) is 2.95. The topological polar surface area (TPSA) is 86.0 Å². The molecule has 8 heterocycles. The van der Waals surface area contributed by atoms with Crippen LogP contribution in [-0.4, -0.2) is 30.5 Å². The Bertz CT molecular complexity index is 5210. The molecule has 8 aromatic carbocycles. The number of anilines is 2. The van der Waals surface area contributed by atoms with Gasteiger partial charge in [0.15, 0.2) is 0 Å². The predicted octanol–water partition coefficient (Wildman–Crippen LogP) is 18.9. The molecule has 0 saturated carbocycles. The molecule has 0 saturated heterocycles.